The molecule has 1 aliphatic rings. The molecule has 1 saturated heterocycles. The number of rotatable bonds is 3. The van der Waals surface area contributed by atoms with Crippen LogP contribution in [-0.2, 0) is 4.74 Å². The first-order chi connectivity index (χ1) is 8.25. The summed E-state index contributed by atoms with van der Waals surface area (Å²) in [5, 5.41) is 13.9. The van der Waals surface area contributed by atoms with Crippen molar-refractivity contribution < 1.29 is 9.66 Å². The largest absolute Gasteiger partial charge is 0.378 e. The summed E-state index contributed by atoms with van der Waals surface area (Å²) in [6.45, 7) is 2.22. The van der Waals surface area contributed by atoms with E-state index in [9.17, 15) is 10.1 Å². The van der Waals surface area contributed by atoms with Crippen molar-refractivity contribution in [3.05, 3.63) is 46.0 Å². The Morgan fingerprint density at radius 2 is 2.41 bits per heavy atom. The Balaban J connectivity index is 2.04. The fraction of sp³-hybridized carbons (Fsp3) is 0.333. The van der Waals surface area contributed by atoms with Crippen LogP contribution in [0.15, 0.2) is 30.3 Å². The van der Waals surface area contributed by atoms with Crippen LogP contribution in [0, 0.1) is 10.1 Å². The van der Waals surface area contributed by atoms with Gasteiger partial charge < -0.3 is 10.1 Å². The van der Waals surface area contributed by atoms with E-state index in [1.807, 2.05) is 18.2 Å². The molecule has 1 aromatic rings. The van der Waals surface area contributed by atoms with Crippen molar-refractivity contribution in [2.24, 2.45) is 0 Å². The molecule has 90 valence electrons. The van der Waals surface area contributed by atoms with Crippen LogP contribution in [0.4, 0.5) is 5.69 Å². The zero-order valence-electron chi connectivity index (χ0n) is 9.33. The summed E-state index contributed by atoms with van der Waals surface area (Å²) in [6, 6.07) is 6.75. The molecule has 1 aromatic carbocycles. The van der Waals surface area contributed by atoms with E-state index in [1.54, 1.807) is 12.1 Å². The third-order valence-electron chi connectivity index (χ3n) is 2.55. The van der Waals surface area contributed by atoms with E-state index in [1.165, 1.54) is 6.07 Å². The third kappa shape index (κ3) is 3.37. The first kappa shape index (κ1) is 11.8. The lowest BCUT2D eigenvalue weighted by atomic mass is 10.1. The van der Waals surface area contributed by atoms with Gasteiger partial charge >= 0.3 is 0 Å². The van der Waals surface area contributed by atoms with Crippen molar-refractivity contribution in [2.45, 2.75) is 6.04 Å². The molecule has 1 heterocycles. The van der Waals surface area contributed by atoms with Crippen LogP contribution in [0.5, 0.6) is 0 Å². The van der Waals surface area contributed by atoms with Gasteiger partial charge in [-0.25, -0.2) is 0 Å². The minimum Gasteiger partial charge on any atom is -0.378 e. The predicted molar refractivity (Wildman–Crippen MR) is 64.7 cm³/mol. The smallest absolute Gasteiger partial charge is 0.270 e. The molecule has 5 heteroatoms. The fourth-order valence-electron chi connectivity index (χ4n) is 1.68. The molecule has 2 rings (SSSR count). The second-order valence-corrected chi connectivity index (χ2v) is 3.85. The van der Waals surface area contributed by atoms with E-state index in [0.717, 1.165) is 18.7 Å². The molecule has 5 nitrogen and oxygen atoms in total. The second kappa shape index (κ2) is 5.56. The van der Waals surface area contributed by atoms with Gasteiger partial charge in [0.1, 0.15) is 0 Å². The van der Waals surface area contributed by atoms with Gasteiger partial charge in [0, 0.05) is 24.7 Å². The summed E-state index contributed by atoms with van der Waals surface area (Å²) < 4.78 is 5.31. The Bertz CT molecular complexity index is 426. The van der Waals surface area contributed by atoms with Gasteiger partial charge in [-0.1, -0.05) is 24.3 Å². The molecule has 17 heavy (non-hydrogen) atoms. The first-order valence-electron chi connectivity index (χ1n) is 5.49. The number of benzene rings is 1. The monoisotopic (exact) mass is 234 g/mol. The molecule has 0 spiro atoms. The highest BCUT2D eigenvalue weighted by molar-refractivity contribution is 5.53. The quantitative estimate of drug-likeness (QED) is 0.637. The van der Waals surface area contributed by atoms with Crippen LogP contribution >= 0.6 is 0 Å². The Kier molecular flexibility index (Phi) is 3.85. The molecule has 0 bridgehead atoms. The maximum Gasteiger partial charge on any atom is 0.270 e. The first-order valence-corrected chi connectivity index (χ1v) is 5.49. The average molecular weight is 234 g/mol. The highest BCUT2D eigenvalue weighted by Crippen LogP contribution is 2.14. The molecule has 0 amide bonds. The van der Waals surface area contributed by atoms with Gasteiger partial charge in [0.25, 0.3) is 5.69 Å². The van der Waals surface area contributed by atoms with E-state index in [4.69, 9.17) is 4.74 Å². The Hall–Kier alpha value is -1.72. The lowest BCUT2D eigenvalue weighted by molar-refractivity contribution is -0.384. The number of hydrogen-bond donors (Lipinski definition) is 1. The minimum atomic E-state index is -0.390. The van der Waals surface area contributed by atoms with Gasteiger partial charge in [-0.05, 0) is 5.56 Å². The highest BCUT2D eigenvalue weighted by atomic mass is 16.6. The molecule has 1 N–H and O–H groups in total. The van der Waals surface area contributed by atoms with E-state index in [0.29, 0.717) is 6.61 Å². The fourth-order valence-corrected chi connectivity index (χ4v) is 1.68. The summed E-state index contributed by atoms with van der Waals surface area (Å²) >= 11 is 0. The van der Waals surface area contributed by atoms with Crippen LogP contribution in [0.3, 0.4) is 0 Å². The summed E-state index contributed by atoms with van der Waals surface area (Å²) in [5.74, 6) is 0. The number of nitrogens with zero attached hydrogens (tertiary/aromatic N) is 1. The summed E-state index contributed by atoms with van der Waals surface area (Å²) in [7, 11) is 0. The molecule has 1 atom stereocenters. The van der Waals surface area contributed by atoms with Gasteiger partial charge in [0.15, 0.2) is 0 Å². The summed E-state index contributed by atoms with van der Waals surface area (Å²) in [5.41, 5.74) is 0.937. The van der Waals surface area contributed by atoms with Gasteiger partial charge in [0.05, 0.1) is 18.1 Å². The van der Waals surface area contributed by atoms with Crippen LogP contribution in [-0.4, -0.2) is 30.7 Å². The van der Waals surface area contributed by atoms with Crippen molar-refractivity contribution in [3.63, 3.8) is 0 Å². The second-order valence-electron chi connectivity index (χ2n) is 3.85. The number of nitrogens with one attached hydrogen (secondary N) is 1. The van der Waals surface area contributed by atoms with Crippen LogP contribution < -0.4 is 5.32 Å². The number of non-ortho nitro benzene ring substituents is 1. The molecule has 1 unspecified atom stereocenters. The van der Waals surface area contributed by atoms with Crippen molar-refractivity contribution in [2.75, 3.05) is 19.8 Å². The molecular weight excluding hydrogens is 220 g/mol. The number of morpholine rings is 1. The van der Waals surface area contributed by atoms with Crippen LogP contribution in [0.1, 0.15) is 5.56 Å². The molecule has 0 aliphatic carbocycles. The van der Waals surface area contributed by atoms with Gasteiger partial charge in [0.2, 0.25) is 0 Å². The number of ether oxygens (including phenoxy) is 1. The van der Waals surface area contributed by atoms with E-state index in [2.05, 4.69) is 5.32 Å². The highest BCUT2D eigenvalue weighted by Gasteiger charge is 2.09. The van der Waals surface area contributed by atoms with E-state index >= 15 is 0 Å². The molecular formula is C12H14N2O3. The van der Waals surface area contributed by atoms with Crippen LogP contribution in [0.2, 0.25) is 0 Å². The molecule has 0 radical (unpaired) electrons. The standard InChI is InChI=1S/C12H14N2O3/c15-14(16)12-3-1-2-10(8-12)4-5-11-9-17-7-6-13-11/h1-5,8,11,13H,6-7,9H2/b5-4+. The van der Waals surface area contributed by atoms with E-state index < -0.39 is 0 Å². The normalized spacial score (nSPS) is 20.6. The van der Waals surface area contributed by atoms with Crippen molar-refractivity contribution in [3.8, 4) is 0 Å². The van der Waals surface area contributed by atoms with Crippen molar-refractivity contribution in [1.29, 1.82) is 0 Å². The van der Waals surface area contributed by atoms with E-state index in [-0.39, 0.29) is 16.7 Å². The lowest BCUT2D eigenvalue weighted by Crippen LogP contribution is -2.39. The summed E-state index contributed by atoms with van der Waals surface area (Å²) in [6.07, 6.45) is 3.84. The number of nitro benzene ring substituents is 1. The minimum absolute atomic E-state index is 0.111. The molecule has 0 saturated carbocycles. The zero-order valence-corrected chi connectivity index (χ0v) is 9.33. The predicted octanol–water partition coefficient (Wildman–Crippen LogP) is 1.60. The van der Waals surface area contributed by atoms with Crippen LogP contribution in [0.25, 0.3) is 6.08 Å². The molecule has 0 aromatic heterocycles. The summed E-state index contributed by atoms with van der Waals surface area (Å²) in [4.78, 5) is 10.2. The maximum absolute atomic E-state index is 10.6. The van der Waals surface area contributed by atoms with Crippen molar-refractivity contribution >= 4 is 11.8 Å². The molecule has 1 fully saturated rings. The van der Waals surface area contributed by atoms with Gasteiger partial charge in [-0.15, -0.1) is 0 Å². The van der Waals surface area contributed by atoms with Crippen molar-refractivity contribution in [1.82, 2.24) is 5.32 Å². The van der Waals surface area contributed by atoms with Gasteiger partial charge in [-0.2, -0.15) is 0 Å². The Labute approximate surface area is 99.2 Å². The molecule has 1 aliphatic heterocycles. The SMILES string of the molecule is O=[N+]([O-])c1cccc(/C=C/C2COCCN2)c1. The maximum atomic E-state index is 10.6. The number of hydrogen-bond acceptors (Lipinski definition) is 4. The zero-order chi connectivity index (χ0) is 12.1. The average Bonchev–Trinajstić information content (AvgIpc) is 2.38. The van der Waals surface area contributed by atoms with Gasteiger partial charge in [-0.3, -0.25) is 10.1 Å². The Morgan fingerprint density at radius 3 is 3.12 bits per heavy atom. The lowest BCUT2D eigenvalue weighted by Gasteiger charge is -2.20. The number of nitro groups is 1. The topological polar surface area (TPSA) is 64.4 Å². The Morgan fingerprint density at radius 1 is 1.53 bits per heavy atom. The third-order valence-corrected chi connectivity index (χ3v) is 2.55.